The molecular formula is C17H23N5O. The Bertz CT molecular complexity index is 654. The second kappa shape index (κ2) is 6.91. The van der Waals surface area contributed by atoms with Crippen molar-refractivity contribution in [3.63, 3.8) is 0 Å². The van der Waals surface area contributed by atoms with Crippen molar-refractivity contribution in [2.24, 2.45) is 7.05 Å². The highest BCUT2D eigenvalue weighted by atomic mass is 16.2. The van der Waals surface area contributed by atoms with Crippen LogP contribution >= 0.6 is 0 Å². The third kappa shape index (κ3) is 3.42. The number of carbonyl (C=O) groups excluding carboxylic acids is 1. The summed E-state index contributed by atoms with van der Waals surface area (Å²) in [7, 11) is 1.97. The van der Waals surface area contributed by atoms with E-state index in [0.29, 0.717) is 6.42 Å². The van der Waals surface area contributed by atoms with Crippen molar-refractivity contribution in [1.29, 1.82) is 0 Å². The summed E-state index contributed by atoms with van der Waals surface area (Å²) in [6, 6.07) is 3.94. The molecule has 3 heterocycles. The van der Waals surface area contributed by atoms with Crippen molar-refractivity contribution in [2.75, 3.05) is 19.6 Å². The van der Waals surface area contributed by atoms with Gasteiger partial charge >= 0.3 is 0 Å². The van der Waals surface area contributed by atoms with Gasteiger partial charge in [0.2, 0.25) is 5.91 Å². The van der Waals surface area contributed by atoms with E-state index in [1.165, 1.54) is 0 Å². The predicted octanol–water partition coefficient (Wildman–Crippen LogP) is 1.48. The summed E-state index contributed by atoms with van der Waals surface area (Å²) in [4.78, 5) is 23.4. The number of rotatable bonds is 4. The first kappa shape index (κ1) is 15.7. The highest BCUT2D eigenvalue weighted by Gasteiger charge is 2.31. The molecule has 0 aliphatic carbocycles. The molecule has 2 aromatic rings. The second-order valence-electron chi connectivity index (χ2n) is 6.09. The highest BCUT2D eigenvalue weighted by Crippen LogP contribution is 2.25. The minimum atomic E-state index is -0.00246. The fraction of sp³-hybridized carbons (Fsp3) is 0.471. The average Bonchev–Trinajstić information content (AvgIpc) is 3.01. The van der Waals surface area contributed by atoms with E-state index in [1.54, 1.807) is 12.4 Å². The summed E-state index contributed by atoms with van der Waals surface area (Å²) in [5, 5.41) is 3.36. The van der Waals surface area contributed by atoms with E-state index in [4.69, 9.17) is 0 Å². The van der Waals surface area contributed by atoms with Gasteiger partial charge in [0.1, 0.15) is 11.9 Å². The number of piperazine rings is 1. The molecule has 0 bridgehead atoms. The van der Waals surface area contributed by atoms with Gasteiger partial charge in [0.15, 0.2) is 0 Å². The molecule has 0 aromatic carbocycles. The van der Waals surface area contributed by atoms with Gasteiger partial charge in [-0.05, 0) is 17.5 Å². The fourth-order valence-corrected chi connectivity index (χ4v) is 3.10. The van der Waals surface area contributed by atoms with Crippen molar-refractivity contribution in [1.82, 2.24) is 24.8 Å². The molecule has 6 heteroatoms. The van der Waals surface area contributed by atoms with E-state index in [-0.39, 0.29) is 17.9 Å². The standard InChI is InChI=1S/C17H23N5O/c1-13(14-4-3-5-18-11-14)10-16(23)22-9-6-19-12-15(22)17-20-7-8-21(17)2/h3-5,7-8,11,13,15,19H,6,9-10,12H2,1-2H3. The molecule has 0 saturated carbocycles. The fourth-order valence-electron chi connectivity index (χ4n) is 3.10. The Morgan fingerprint density at radius 1 is 1.48 bits per heavy atom. The Kier molecular flexibility index (Phi) is 4.71. The molecule has 122 valence electrons. The molecule has 1 amide bonds. The summed E-state index contributed by atoms with van der Waals surface area (Å²) in [5.41, 5.74) is 1.10. The maximum atomic E-state index is 12.8. The minimum Gasteiger partial charge on any atom is -0.336 e. The van der Waals surface area contributed by atoms with Crippen LogP contribution in [0.5, 0.6) is 0 Å². The van der Waals surface area contributed by atoms with Crippen LogP contribution in [0.3, 0.4) is 0 Å². The van der Waals surface area contributed by atoms with Gasteiger partial charge in [-0.25, -0.2) is 4.98 Å². The van der Waals surface area contributed by atoms with Crippen molar-refractivity contribution in [3.8, 4) is 0 Å². The van der Waals surface area contributed by atoms with Gasteiger partial charge in [0.05, 0.1) is 0 Å². The lowest BCUT2D eigenvalue weighted by Gasteiger charge is -2.36. The lowest BCUT2D eigenvalue weighted by molar-refractivity contribution is -0.135. The van der Waals surface area contributed by atoms with Crippen LogP contribution in [0, 0.1) is 0 Å². The molecule has 23 heavy (non-hydrogen) atoms. The van der Waals surface area contributed by atoms with Gasteiger partial charge in [-0.1, -0.05) is 13.0 Å². The van der Waals surface area contributed by atoms with Crippen molar-refractivity contribution in [3.05, 3.63) is 48.3 Å². The van der Waals surface area contributed by atoms with Gasteiger partial charge in [0, 0.05) is 57.9 Å². The van der Waals surface area contributed by atoms with Crippen LogP contribution < -0.4 is 5.32 Å². The SMILES string of the molecule is CC(CC(=O)N1CCNCC1c1nccn1C)c1cccnc1. The quantitative estimate of drug-likeness (QED) is 0.929. The van der Waals surface area contributed by atoms with Gasteiger partial charge in [-0.2, -0.15) is 0 Å². The smallest absolute Gasteiger partial charge is 0.223 e. The summed E-state index contributed by atoms with van der Waals surface area (Å²) in [6.45, 7) is 4.37. The number of aryl methyl sites for hydroxylation is 1. The van der Waals surface area contributed by atoms with Crippen LogP contribution in [-0.4, -0.2) is 45.0 Å². The van der Waals surface area contributed by atoms with Crippen LogP contribution in [0.1, 0.15) is 36.7 Å². The number of carbonyl (C=O) groups is 1. The van der Waals surface area contributed by atoms with Gasteiger partial charge < -0.3 is 14.8 Å². The van der Waals surface area contributed by atoms with E-state index < -0.39 is 0 Å². The van der Waals surface area contributed by atoms with Crippen LogP contribution in [0.15, 0.2) is 36.9 Å². The number of hydrogen-bond acceptors (Lipinski definition) is 4. The molecule has 1 aliphatic rings. The third-order valence-corrected chi connectivity index (χ3v) is 4.45. The Labute approximate surface area is 136 Å². The zero-order chi connectivity index (χ0) is 16.2. The Morgan fingerprint density at radius 2 is 2.35 bits per heavy atom. The number of hydrogen-bond donors (Lipinski definition) is 1. The number of aromatic nitrogens is 3. The van der Waals surface area contributed by atoms with Gasteiger partial charge in [-0.3, -0.25) is 9.78 Å². The molecule has 1 saturated heterocycles. The van der Waals surface area contributed by atoms with Gasteiger partial charge in [0.25, 0.3) is 0 Å². The first-order valence-corrected chi connectivity index (χ1v) is 8.04. The minimum absolute atomic E-state index is 0.00246. The monoisotopic (exact) mass is 313 g/mol. The zero-order valence-electron chi connectivity index (χ0n) is 13.6. The van der Waals surface area contributed by atoms with Crippen molar-refractivity contribution >= 4 is 5.91 Å². The number of pyridine rings is 1. The zero-order valence-corrected chi connectivity index (χ0v) is 13.6. The first-order chi connectivity index (χ1) is 11.2. The molecule has 2 aromatic heterocycles. The van der Waals surface area contributed by atoms with E-state index >= 15 is 0 Å². The van der Waals surface area contributed by atoms with Crippen LogP contribution in [0.2, 0.25) is 0 Å². The Morgan fingerprint density at radius 3 is 3.04 bits per heavy atom. The highest BCUT2D eigenvalue weighted by molar-refractivity contribution is 5.77. The molecule has 2 atom stereocenters. The van der Waals surface area contributed by atoms with Crippen LogP contribution in [0.25, 0.3) is 0 Å². The normalized spacial score (nSPS) is 19.6. The summed E-state index contributed by atoms with van der Waals surface area (Å²) in [5.74, 6) is 1.27. The molecule has 3 rings (SSSR count). The maximum Gasteiger partial charge on any atom is 0.223 e. The number of imidazole rings is 1. The molecular weight excluding hydrogens is 290 g/mol. The number of nitrogens with one attached hydrogen (secondary N) is 1. The average molecular weight is 313 g/mol. The summed E-state index contributed by atoms with van der Waals surface area (Å²) >= 11 is 0. The maximum absolute atomic E-state index is 12.8. The largest absolute Gasteiger partial charge is 0.336 e. The van der Waals surface area contributed by atoms with E-state index in [1.807, 2.05) is 41.0 Å². The van der Waals surface area contributed by atoms with E-state index in [9.17, 15) is 4.79 Å². The lowest BCUT2D eigenvalue weighted by Crippen LogP contribution is -2.49. The Hall–Kier alpha value is -2.21. The molecule has 1 fully saturated rings. The second-order valence-corrected chi connectivity index (χ2v) is 6.09. The number of nitrogens with zero attached hydrogens (tertiary/aromatic N) is 4. The molecule has 0 radical (unpaired) electrons. The third-order valence-electron chi connectivity index (χ3n) is 4.45. The van der Waals surface area contributed by atoms with Crippen molar-refractivity contribution < 1.29 is 4.79 Å². The Balaban J connectivity index is 1.73. The number of amides is 1. The van der Waals surface area contributed by atoms with E-state index in [0.717, 1.165) is 31.0 Å². The topological polar surface area (TPSA) is 63.1 Å². The van der Waals surface area contributed by atoms with Gasteiger partial charge in [-0.15, -0.1) is 0 Å². The first-order valence-electron chi connectivity index (χ1n) is 8.04. The van der Waals surface area contributed by atoms with E-state index in [2.05, 4.69) is 22.2 Å². The molecule has 1 N–H and O–H groups in total. The summed E-state index contributed by atoms with van der Waals surface area (Å²) < 4.78 is 1.99. The molecule has 2 unspecified atom stereocenters. The lowest BCUT2D eigenvalue weighted by atomic mass is 9.98. The van der Waals surface area contributed by atoms with Crippen LogP contribution in [-0.2, 0) is 11.8 Å². The molecule has 6 nitrogen and oxygen atoms in total. The van der Waals surface area contributed by atoms with Crippen LogP contribution in [0.4, 0.5) is 0 Å². The summed E-state index contributed by atoms with van der Waals surface area (Å²) in [6.07, 6.45) is 7.79. The molecule has 1 aliphatic heterocycles. The predicted molar refractivity (Wildman–Crippen MR) is 87.8 cm³/mol. The van der Waals surface area contributed by atoms with Crippen molar-refractivity contribution in [2.45, 2.75) is 25.3 Å². The molecule has 0 spiro atoms.